The molecule has 124 valence electrons. The highest BCUT2D eigenvalue weighted by atomic mass is 32.1. The Kier molecular flexibility index (Phi) is 4.55. The number of carbonyl (C=O) groups excluding carboxylic acids is 1. The van der Waals surface area contributed by atoms with Crippen molar-refractivity contribution < 1.29 is 4.79 Å². The van der Waals surface area contributed by atoms with E-state index in [1.165, 1.54) is 5.69 Å². The first-order valence-corrected chi connectivity index (χ1v) is 9.01. The van der Waals surface area contributed by atoms with Crippen LogP contribution in [0.15, 0.2) is 23.0 Å². The number of aromatic nitrogens is 2. The van der Waals surface area contributed by atoms with Crippen LogP contribution in [-0.2, 0) is 13.1 Å². The summed E-state index contributed by atoms with van der Waals surface area (Å²) in [5, 5.41) is 3.86. The smallest absolute Gasteiger partial charge is 0.255 e. The first kappa shape index (κ1) is 16.2. The van der Waals surface area contributed by atoms with Crippen LogP contribution in [0.1, 0.15) is 48.7 Å². The van der Waals surface area contributed by atoms with Crippen LogP contribution in [0.4, 0.5) is 0 Å². The highest BCUT2D eigenvalue weighted by Crippen LogP contribution is 2.27. The number of thiophene rings is 1. The van der Waals surface area contributed by atoms with Gasteiger partial charge in [0.25, 0.3) is 5.91 Å². The second kappa shape index (κ2) is 6.45. The van der Waals surface area contributed by atoms with E-state index in [-0.39, 0.29) is 11.9 Å². The Morgan fingerprint density at radius 3 is 2.91 bits per heavy atom. The summed E-state index contributed by atoms with van der Waals surface area (Å²) in [5.41, 5.74) is 2.01. The van der Waals surface area contributed by atoms with Gasteiger partial charge >= 0.3 is 0 Å². The van der Waals surface area contributed by atoms with Crippen LogP contribution in [0.3, 0.4) is 0 Å². The summed E-state index contributed by atoms with van der Waals surface area (Å²) < 4.78 is 2.28. The van der Waals surface area contributed by atoms with Crippen molar-refractivity contribution in [2.75, 3.05) is 13.6 Å². The SMILES string of the molecule is CC(C)N(C)Cc1cnc2n1CCN(C(=O)c1ccsc1)[C@@H]2C. The molecule has 5 nitrogen and oxygen atoms in total. The maximum Gasteiger partial charge on any atom is 0.255 e. The average Bonchev–Trinajstić information content (AvgIpc) is 3.17. The summed E-state index contributed by atoms with van der Waals surface area (Å²) in [6.07, 6.45) is 1.96. The minimum absolute atomic E-state index is 0.00857. The van der Waals surface area contributed by atoms with E-state index in [1.807, 2.05) is 27.9 Å². The summed E-state index contributed by atoms with van der Waals surface area (Å²) in [5.74, 6) is 1.10. The summed E-state index contributed by atoms with van der Waals surface area (Å²) >= 11 is 1.56. The Balaban J connectivity index is 1.80. The predicted molar refractivity (Wildman–Crippen MR) is 92.6 cm³/mol. The van der Waals surface area contributed by atoms with E-state index in [9.17, 15) is 4.79 Å². The van der Waals surface area contributed by atoms with E-state index in [2.05, 4.69) is 42.3 Å². The largest absolute Gasteiger partial charge is 0.327 e. The first-order valence-electron chi connectivity index (χ1n) is 8.06. The van der Waals surface area contributed by atoms with Gasteiger partial charge in [-0.05, 0) is 39.3 Å². The van der Waals surface area contributed by atoms with Crippen molar-refractivity contribution in [3.8, 4) is 0 Å². The molecule has 1 aliphatic rings. The summed E-state index contributed by atoms with van der Waals surface area (Å²) in [7, 11) is 2.13. The van der Waals surface area contributed by atoms with Gasteiger partial charge in [0.1, 0.15) is 5.82 Å². The van der Waals surface area contributed by atoms with Crippen LogP contribution >= 0.6 is 11.3 Å². The van der Waals surface area contributed by atoms with Crippen molar-refractivity contribution in [1.29, 1.82) is 0 Å². The highest BCUT2D eigenvalue weighted by Gasteiger charge is 2.31. The van der Waals surface area contributed by atoms with E-state index in [4.69, 9.17) is 0 Å². The van der Waals surface area contributed by atoms with Crippen LogP contribution < -0.4 is 0 Å². The normalized spacial score (nSPS) is 17.8. The van der Waals surface area contributed by atoms with Gasteiger partial charge in [0.15, 0.2) is 0 Å². The van der Waals surface area contributed by atoms with E-state index in [0.717, 1.165) is 31.0 Å². The van der Waals surface area contributed by atoms with Crippen molar-refractivity contribution in [3.63, 3.8) is 0 Å². The molecule has 0 radical (unpaired) electrons. The average molecular weight is 332 g/mol. The van der Waals surface area contributed by atoms with Crippen molar-refractivity contribution in [2.24, 2.45) is 0 Å². The molecule has 0 spiro atoms. The fourth-order valence-electron chi connectivity index (χ4n) is 2.95. The molecule has 2 aromatic rings. The molecule has 0 aromatic carbocycles. The number of fused-ring (bicyclic) bond motifs is 1. The van der Waals surface area contributed by atoms with Crippen LogP contribution in [0.2, 0.25) is 0 Å². The molecular weight excluding hydrogens is 308 g/mol. The third kappa shape index (κ3) is 3.05. The van der Waals surface area contributed by atoms with Gasteiger partial charge in [0.2, 0.25) is 0 Å². The van der Waals surface area contributed by atoms with E-state index < -0.39 is 0 Å². The minimum atomic E-state index is 0.00857. The van der Waals surface area contributed by atoms with Gasteiger partial charge in [0, 0.05) is 37.3 Å². The minimum Gasteiger partial charge on any atom is -0.327 e. The fraction of sp³-hybridized carbons (Fsp3) is 0.529. The Morgan fingerprint density at radius 2 is 2.26 bits per heavy atom. The number of amides is 1. The third-order valence-electron chi connectivity index (χ3n) is 4.70. The number of carbonyl (C=O) groups is 1. The lowest BCUT2D eigenvalue weighted by atomic mass is 10.1. The van der Waals surface area contributed by atoms with Crippen LogP contribution in [0.25, 0.3) is 0 Å². The number of rotatable bonds is 4. The van der Waals surface area contributed by atoms with Gasteiger partial charge in [-0.15, -0.1) is 0 Å². The maximum absolute atomic E-state index is 12.6. The molecule has 23 heavy (non-hydrogen) atoms. The van der Waals surface area contributed by atoms with Crippen LogP contribution in [0.5, 0.6) is 0 Å². The molecule has 1 atom stereocenters. The van der Waals surface area contributed by atoms with Gasteiger partial charge in [-0.2, -0.15) is 11.3 Å². The monoisotopic (exact) mass is 332 g/mol. The van der Waals surface area contributed by atoms with Crippen LogP contribution in [0, 0.1) is 0 Å². The molecular formula is C17H24N4OS. The zero-order valence-electron chi connectivity index (χ0n) is 14.2. The van der Waals surface area contributed by atoms with E-state index in [1.54, 1.807) is 11.3 Å². The van der Waals surface area contributed by atoms with Gasteiger partial charge in [0.05, 0.1) is 17.3 Å². The molecule has 0 aliphatic carbocycles. The number of imidazole rings is 1. The number of hydrogen-bond donors (Lipinski definition) is 0. The van der Waals surface area contributed by atoms with Gasteiger partial charge in [-0.3, -0.25) is 9.69 Å². The zero-order valence-corrected chi connectivity index (χ0v) is 15.0. The third-order valence-corrected chi connectivity index (χ3v) is 5.38. The van der Waals surface area contributed by atoms with Crippen molar-refractivity contribution in [2.45, 2.75) is 45.9 Å². The van der Waals surface area contributed by atoms with Crippen LogP contribution in [-0.4, -0.2) is 44.9 Å². The molecule has 0 fully saturated rings. The Labute approximate surface area is 141 Å². The number of hydrogen-bond acceptors (Lipinski definition) is 4. The summed E-state index contributed by atoms with van der Waals surface area (Å²) in [4.78, 5) is 21.5. The predicted octanol–water partition coefficient (Wildman–Crippen LogP) is 3.00. The molecule has 1 aliphatic heterocycles. The lowest BCUT2D eigenvalue weighted by molar-refractivity contribution is 0.0635. The lowest BCUT2D eigenvalue weighted by Crippen LogP contribution is -2.41. The highest BCUT2D eigenvalue weighted by molar-refractivity contribution is 7.08. The first-order chi connectivity index (χ1) is 11.0. The standard InChI is InChI=1S/C17H24N4OS/c1-12(2)19(4)10-15-9-18-16-13(3)20(6-7-21(15)16)17(22)14-5-8-23-11-14/h5,8-9,11-13H,6-7,10H2,1-4H3/t13-/m1/s1. The number of nitrogens with zero attached hydrogens (tertiary/aromatic N) is 4. The van der Waals surface area contributed by atoms with Crippen molar-refractivity contribution in [1.82, 2.24) is 19.4 Å². The Hall–Kier alpha value is -1.66. The second-order valence-electron chi connectivity index (χ2n) is 6.45. The molecule has 0 N–H and O–H groups in total. The quantitative estimate of drug-likeness (QED) is 0.864. The molecule has 0 saturated carbocycles. The molecule has 0 unspecified atom stereocenters. The summed E-state index contributed by atoms with van der Waals surface area (Å²) in [6.45, 7) is 8.89. The molecule has 1 amide bonds. The molecule has 2 aromatic heterocycles. The van der Waals surface area contributed by atoms with Gasteiger partial charge in [-0.1, -0.05) is 0 Å². The fourth-order valence-corrected chi connectivity index (χ4v) is 3.58. The Morgan fingerprint density at radius 1 is 1.48 bits per heavy atom. The molecule has 3 rings (SSSR count). The molecule has 0 bridgehead atoms. The van der Waals surface area contributed by atoms with E-state index >= 15 is 0 Å². The van der Waals surface area contributed by atoms with Gasteiger partial charge in [-0.25, -0.2) is 4.98 Å². The Bertz CT molecular complexity index is 677. The van der Waals surface area contributed by atoms with Gasteiger partial charge < -0.3 is 9.47 Å². The second-order valence-corrected chi connectivity index (χ2v) is 7.23. The lowest BCUT2D eigenvalue weighted by Gasteiger charge is -2.34. The van der Waals surface area contributed by atoms with Crippen molar-refractivity contribution >= 4 is 17.2 Å². The zero-order chi connectivity index (χ0) is 16.6. The van der Waals surface area contributed by atoms with Crippen molar-refractivity contribution in [3.05, 3.63) is 40.1 Å². The topological polar surface area (TPSA) is 41.4 Å². The van der Waals surface area contributed by atoms with E-state index in [0.29, 0.717) is 6.04 Å². The molecule has 0 saturated heterocycles. The summed E-state index contributed by atoms with van der Waals surface area (Å²) in [6, 6.07) is 2.40. The maximum atomic E-state index is 12.6. The molecule has 3 heterocycles. The molecule has 6 heteroatoms.